The first kappa shape index (κ1) is 7.69. The van der Waals surface area contributed by atoms with Crippen molar-refractivity contribution in [1.29, 1.82) is 0 Å². The van der Waals surface area contributed by atoms with Gasteiger partial charge in [-0.1, -0.05) is 24.1 Å². The predicted molar refractivity (Wildman–Crippen MR) is 48.1 cm³/mol. The highest BCUT2D eigenvalue weighted by Crippen LogP contribution is 2.29. The van der Waals surface area contributed by atoms with Crippen molar-refractivity contribution in [2.24, 2.45) is 0 Å². The fraction of sp³-hybridized carbons (Fsp3) is 0.100. The minimum absolute atomic E-state index is 0.498. The Kier molecular flexibility index (Phi) is 1.67. The molecule has 1 aromatic rings. The predicted octanol–water partition coefficient (Wildman–Crippen LogP) is 1.92. The largest absolute Gasteiger partial charge is 0.428 e. The van der Waals surface area contributed by atoms with Crippen molar-refractivity contribution >= 4 is 11.8 Å². The molecule has 3 heteroatoms. The second-order valence-corrected chi connectivity index (χ2v) is 2.66. The van der Waals surface area contributed by atoms with Gasteiger partial charge in [-0.2, -0.15) is 0 Å². The lowest BCUT2D eigenvalue weighted by Crippen LogP contribution is -2.23. The van der Waals surface area contributed by atoms with Crippen LogP contribution in [-0.4, -0.2) is 6.09 Å². The average molecular weight is 173 g/mol. The van der Waals surface area contributed by atoms with Gasteiger partial charge in [-0.05, 0) is 6.07 Å². The molecule has 1 aliphatic heterocycles. The van der Waals surface area contributed by atoms with Crippen LogP contribution in [0.5, 0.6) is 0 Å². The summed E-state index contributed by atoms with van der Waals surface area (Å²) in [6, 6.07) is 7.31. The van der Waals surface area contributed by atoms with E-state index in [1.807, 2.05) is 18.2 Å². The van der Waals surface area contributed by atoms with Crippen LogP contribution >= 0.6 is 0 Å². The Hall–Kier alpha value is -1.95. The highest BCUT2D eigenvalue weighted by atomic mass is 16.6. The van der Waals surface area contributed by atoms with E-state index in [2.05, 4.69) is 11.2 Å². The molecule has 1 aliphatic rings. The average Bonchev–Trinajstić information content (AvgIpc) is 2.16. The van der Waals surface area contributed by atoms with E-state index in [1.54, 1.807) is 6.07 Å². The molecule has 1 amide bonds. The summed E-state index contributed by atoms with van der Waals surface area (Å²) >= 11 is 0. The number of fused-ring (bicyclic) bond motifs is 1. The molecule has 1 heterocycles. The first-order valence-corrected chi connectivity index (χ1v) is 3.84. The fourth-order valence-electron chi connectivity index (χ4n) is 1.27. The molecule has 1 N–H and O–H groups in total. The molecule has 0 bridgehead atoms. The molecule has 0 spiro atoms. The third-order valence-electron chi connectivity index (χ3n) is 1.86. The van der Waals surface area contributed by atoms with E-state index in [0.29, 0.717) is 0 Å². The molecule has 0 saturated heterocycles. The Morgan fingerprint density at radius 2 is 2.23 bits per heavy atom. The summed E-state index contributed by atoms with van der Waals surface area (Å²) in [5.41, 5.74) is 1.55. The summed E-state index contributed by atoms with van der Waals surface area (Å²) in [5, 5.41) is 2.57. The van der Waals surface area contributed by atoms with Crippen LogP contribution in [0.25, 0.3) is 0 Å². The number of para-hydroxylation sites is 1. The SMILES string of the molecule is C#CC1OC(=O)Nc2ccccc21. The first-order chi connectivity index (χ1) is 6.31. The highest BCUT2D eigenvalue weighted by Gasteiger charge is 2.23. The van der Waals surface area contributed by atoms with Gasteiger partial charge in [0.2, 0.25) is 0 Å². The van der Waals surface area contributed by atoms with Gasteiger partial charge >= 0.3 is 6.09 Å². The molecule has 1 atom stereocenters. The minimum atomic E-state index is -0.565. The van der Waals surface area contributed by atoms with Crippen molar-refractivity contribution in [3.63, 3.8) is 0 Å². The lowest BCUT2D eigenvalue weighted by molar-refractivity contribution is 0.134. The van der Waals surface area contributed by atoms with Gasteiger partial charge in [0.1, 0.15) is 0 Å². The van der Waals surface area contributed by atoms with Crippen molar-refractivity contribution < 1.29 is 9.53 Å². The summed E-state index contributed by atoms with van der Waals surface area (Å²) in [6.07, 6.45) is 4.16. The Labute approximate surface area is 75.7 Å². The van der Waals surface area contributed by atoms with Crippen molar-refractivity contribution in [2.75, 3.05) is 5.32 Å². The third-order valence-corrected chi connectivity index (χ3v) is 1.86. The molecular weight excluding hydrogens is 166 g/mol. The van der Waals surface area contributed by atoms with E-state index in [-0.39, 0.29) is 0 Å². The molecule has 3 nitrogen and oxygen atoms in total. The van der Waals surface area contributed by atoms with Gasteiger partial charge in [0, 0.05) is 5.56 Å². The second kappa shape index (κ2) is 2.83. The first-order valence-electron chi connectivity index (χ1n) is 3.84. The Morgan fingerprint density at radius 1 is 1.46 bits per heavy atom. The zero-order valence-corrected chi connectivity index (χ0v) is 6.78. The van der Waals surface area contributed by atoms with Crippen molar-refractivity contribution in [1.82, 2.24) is 0 Å². The topological polar surface area (TPSA) is 38.3 Å². The standard InChI is InChI=1S/C10H7NO2/c1-2-9-7-5-3-4-6-8(7)11-10(12)13-9/h1,3-6,9H,(H,11,12). The summed E-state index contributed by atoms with van der Waals surface area (Å²) in [4.78, 5) is 11.0. The number of ether oxygens (including phenoxy) is 1. The van der Waals surface area contributed by atoms with Crippen molar-refractivity contribution in [2.45, 2.75) is 6.10 Å². The van der Waals surface area contributed by atoms with Gasteiger partial charge in [0.25, 0.3) is 0 Å². The van der Waals surface area contributed by atoms with Crippen LogP contribution in [0.3, 0.4) is 0 Å². The molecular formula is C10H7NO2. The highest BCUT2D eigenvalue weighted by molar-refractivity contribution is 5.88. The van der Waals surface area contributed by atoms with E-state index in [4.69, 9.17) is 11.2 Å². The molecule has 2 rings (SSSR count). The Morgan fingerprint density at radius 3 is 3.00 bits per heavy atom. The number of benzene rings is 1. The van der Waals surface area contributed by atoms with Gasteiger partial charge in [0.05, 0.1) is 5.69 Å². The molecule has 0 aliphatic carbocycles. The smallest absolute Gasteiger partial charge is 0.413 e. The van der Waals surface area contributed by atoms with Crippen LogP contribution < -0.4 is 5.32 Å². The summed E-state index contributed by atoms with van der Waals surface area (Å²) in [5.74, 6) is 2.41. The summed E-state index contributed by atoms with van der Waals surface area (Å²) < 4.78 is 4.88. The van der Waals surface area contributed by atoms with Gasteiger partial charge in [-0.25, -0.2) is 4.79 Å². The van der Waals surface area contributed by atoms with Crippen LogP contribution in [0.4, 0.5) is 10.5 Å². The van der Waals surface area contributed by atoms with E-state index in [1.165, 1.54) is 0 Å². The lowest BCUT2D eigenvalue weighted by atomic mass is 10.1. The number of rotatable bonds is 0. The fourth-order valence-corrected chi connectivity index (χ4v) is 1.27. The zero-order chi connectivity index (χ0) is 9.26. The van der Waals surface area contributed by atoms with Crippen LogP contribution in [0.2, 0.25) is 0 Å². The van der Waals surface area contributed by atoms with E-state index >= 15 is 0 Å². The molecule has 0 radical (unpaired) electrons. The number of amides is 1. The Bertz CT molecular complexity index is 392. The maximum Gasteiger partial charge on any atom is 0.413 e. The van der Waals surface area contributed by atoms with Gasteiger partial charge in [-0.3, -0.25) is 5.32 Å². The van der Waals surface area contributed by atoms with Crippen molar-refractivity contribution in [3.05, 3.63) is 29.8 Å². The van der Waals surface area contributed by atoms with E-state index < -0.39 is 12.2 Å². The number of cyclic esters (lactones) is 1. The number of anilines is 1. The van der Waals surface area contributed by atoms with E-state index in [9.17, 15) is 4.79 Å². The maximum absolute atomic E-state index is 11.0. The third kappa shape index (κ3) is 1.23. The van der Waals surface area contributed by atoms with Gasteiger partial charge in [0.15, 0.2) is 6.10 Å². The Balaban J connectivity index is 2.50. The van der Waals surface area contributed by atoms with Crippen LogP contribution in [0.1, 0.15) is 11.7 Å². The molecule has 1 unspecified atom stereocenters. The minimum Gasteiger partial charge on any atom is -0.428 e. The van der Waals surface area contributed by atoms with Gasteiger partial charge in [-0.15, -0.1) is 6.42 Å². The number of carbonyl (C=O) groups excluding carboxylic acids is 1. The molecule has 0 aromatic heterocycles. The second-order valence-electron chi connectivity index (χ2n) is 2.66. The summed E-state index contributed by atoms with van der Waals surface area (Å²) in [7, 11) is 0. The number of terminal acetylenes is 1. The maximum atomic E-state index is 11.0. The molecule has 0 saturated carbocycles. The zero-order valence-electron chi connectivity index (χ0n) is 6.78. The quantitative estimate of drug-likeness (QED) is 0.608. The normalized spacial score (nSPS) is 19.3. The molecule has 0 fully saturated rings. The molecule has 64 valence electrons. The monoisotopic (exact) mass is 173 g/mol. The van der Waals surface area contributed by atoms with Crippen molar-refractivity contribution in [3.8, 4) is 12.3 Å². The number of nitrogens with one attached hydrogen (secondary N) is 1. The molecule has 13 heavy (non-hydrogen) atoms. The van der Waals surface area contributed by atoms with Gasteiger partial charge < -0.3 is 4.74 Å². The number of carbonyl (C=O) groups is 1. The lowest BCUT2D eigenvalue weighted by Gasteiger charge is -2.22. The van der Waals surface area contributed by atoms with Crippen LogP contribution in [0, 0.1) is 12.3 Å². The van der Waals surface area contributed by atoms with Crippen LogP contribution in [0.15, 0.2) is 24.3 Å². The van der Waals surface area contributed by atoms with E-state index in [0.717, 1.165) is 11.3 Å². The number of hydrogen-bond acceptors (Lipinski definition) is 2. The summed E-state index contributed by atoms with van der Waals surface area (Å²) in [6.45, 7) is 0. The number of hydrogen-bond donors (Lipinski definition) is 1. The molecule has 1 aromatic carbocycles. The van der Waals surface area contributed by atoms with Crippen LogP contribution in [-0.2, 0) is 4.74 Å².